The molecule has 1 atom stereocenters. The molecule has 3 heteroatoms. The predicted octanol–water partition coefficient (Wildman–Crippen LogP) is 5.47. The van der Waals surface area contributed by atoms with Gasteiger partial charge in [-0.3, -0.25) is 0 Å². The highest BCUT2D eigenvalue weighted by Crippen LogP contribution is 2.32. The smallest absolute Gasteiger partial charge is 0.127 e. The van der Waals surface area contributed by atoms with Crippen molar-refractivity contribution < 1.29 is 4.39 Å². The number of benzene rings is 2. The molecule has 0 aromatic heterocycles. The Balaban J connectivity index is 2.27. The molecule has 0 nitrogen and oxygen atoms in total. The van der Waals surface area contributed by atoms with Crippen molar-refractivity contribution in [3.05, 3.63) is 70.0 Å². The summed E-state index contributed by atoms with van der Waals surface area (Å²) in [6, 6.07) is 12.9. The van der Waals surface area contributed by atoms with E-state index in [9.17, 15) is 4.39 Å². The highest BCUT2D eigenvalue weighted by Gasteiger charge is 2.15. The summed E-state index contributed by atoms with van der Waals surface area (Å²) in [4.78, 5) is 0.0631. The number of alkyl halides is 1. The van der Waals surface area contributed by atoms with E-state index in [2.05, 4.69) is 15.9 Å². The maximum atomic E-state index is 13.7. The zero-order valence-corrected chi connectivity index (χ0v) is 12.3. The average molecular weight is 328 g/mol. The largest absolute Gasteiger partial charge is 0.207 e. The normalized spacial score (nSPS) is 12.4. The van der Waals surface area contributed by atoms with E-state index >= 15 is 0 Å². The average Bonchev–Trinajstić information content (AvgIpc) is 2.34. The van der Waals surface area contributed by atoms with Gasteiger partial charge >= 0.3 is 0 Å². The molecule has 2 aromatic carbocycles. The van der Waals surface area contributed by atoms with E-state index in [0.29, 0.717) is 17.0 Å². The van der Waals surface area contributed by atoms with Gasteiger partial charge < -0.3 is 0 Å². The van der Waals surface area contributed by atoms with Gasteiger partial charge in [-0.05, 0) is 36.6 Å². The molecule has 2 aromatic rings. The Labute approximate surface area is 120 Å². The summed E-state index contributed by atoms with van der Waals surface area (Å²) in [7, 11) is 0. The molecule has 0 spiro atoms. The third kappa shape index (κ3) is 2.93. The fourth-order valence-corrected chi connectivity index (χ4v) is 3.03. The van der Waals surface area contributed by atoms with Gasteiger partial charge in [0.05, 0.1) is 0 Å². The molecule has 0 bridgehead atoms. The van der Waals surface area contributed by atoms with Crippen molar-refractivity contribution in [2.45, 2.75) is 18.2 Å². The predicted molar refractivity (Wildman–Crippen MR) is 78.0 cm³/mol. The molecular formula is C15H13BrClF. The highest BCUT2D eigenvalue weighted by atomic mass is 79.9. The summed E-state index contributed by atoms with van der Waals surface area (Å²) in [6.07, 6.45) is 0.538. The van der Waals surface area contributed by atoms with Gasteiger partial charge in [-0.1, -0.05) is 57.9 Å². The topological polar surface area (TPSA) is 0 Å². The van der Waals surface area contributed by atoms with Crippen LogP contribution in [-0.4, -0.2) is 0 Å². The second-order valence-electron chi connectivity index (χ2n) is 4.23. The van der Waals surface area contributed by atoms with Crippen molar-refractivity contribution in [3.8, 4) is 0 Å². The first-order valence-corrected chi connectivity index (χ1v) is 7.01. The quantitative estimate of drug-likeness (QED) is 0.656. The molecule has 0 saturated carbocycles. The number of hydrogen-bond acceptors (Lipinski definition) is 0. The lowest BCUT2D eigenvalue weighted by Crippen LogP contribution is -2.00. The number of rotatable bonds is 3. The van der Waals surface area contributed by atoms with Crippen LogP contribution in [0, 0.1) is 12.7 Å². The van der Waals surface area contributed by atoms with Crippen LogP contribution in [-0.2, 0) is 6.42 Å². The molecule has 0 heterocycles. The zero-order valence-electron chi connectivity index (χ0n) is 9.96. The maximum absolute atomic E-state index is 13.7. The Morgan fingerprint density at radius 1 is 1.17 bits per heavy atom. The summed E-state index contributed by atoms with van der Waals surface area (Å²) < 4.78 is 13.7. The lowest BCUT2D eigenvalue weighted by Gasteiger charge is -2.14. The lowest BCUT2D eigenvalue weighted by atomic mass is 10.0. The molecule has 0 aliphatic heterocycles. The van der Waals surface area contributed by atoms with E-state index < -0.39 is 0 Å². The third-order valence-corrected chi connectivity index (χ3v) is 4.14. The van der Waals surface area contributed by atoms with Crippen LogP contribution in [0.5, 0.6) is 0 Å². The molecule has 0 saturated heterocycles. The molecule has 0 amide bonds. The van der Waals surface area contributed by atoms with E-state index in [0.717, 1.165) is 5.56 Å². The van der Waals surface area contributed by atoms with Gasteiger partial charge in [-0.2, -0.15) is 0 Å². The minimum atomic E-state index is -0.250. The minimum absolute atomic E-state index is 0.0631. The fourth-order valence-electron chi connectivity index (χ4n) is 1.95. The number of hydrogen-bond donors (Lipinski definition) is 0. The first-order valence-electron chi connectivity index (χ1n) is 5.72. The number of aryl methyl sites for hydroxylation is 1. The van der Waals surface area contributed by atoms with Gasteiger partial charge in [0, 0.05) is 15.4 Å². The lowest BCUT2D eigenvalue weighted by molar-refractivity contribution is 0.608. The molecule has 2 rings (SSSR count). The third-order valence-electron chi connectivity index (χ3n) is 2.97. The zero-order chi connectivity index (χ0) is 13.1. The monoisotopic (exact) mass is 326 g/mol. The first kappa shape index (κ1) is 13.6. The standard InChI is InChI=1S/C15H13BrClF/c1-10-5-2-3-6-11(10)13(16)9-12-14(17)7-4-8-15(12)18/h2-8,13H,9H2,1H3. The van der Waals surface area contributed by atoms with Crippen LogP contribution < -0.4 is 0 Å². The molecular weight excluding hydrogens is 315 g/mol. The van der Waals surface area contributed by atoms with Gasteiger partial charge in [0.25, 0.3) is 0 Å². The minimum Gasteiger partial charge on any atom is -0.207 e. The first-order chi connectivity index (χ1) is 8.59. The van der Waals surface area contributed by atoms with E-state index in [1.54, 1.807) is 12.1 Å². The van der Waals surface area contributed by atoms with Crippen molar-refractivity contribution >= 4 is 27.5 Å². The molecule has 0 fully saturated rings. The van der Waals surface area contributed by atoms with E-state index in [4.69, 9.17) is 11.6 Å². The van der Waals surface area contributed by atoms with Gasteiger partial charge in [0.15, 0.2) is 0 Å². The SMILES string of the molecule is Cc1ccccc1C(Br)Cc1c(F)cccc1Cl. The Hall–Kier alpha value is -0.860. The second kappa shape index (κ2) is 5.85. The van der Waals surface area contributed by atoms with Crippen LogP contribution in [0.2, 0.25) is 5.02 Å². The summed E-state index contributed by atoms with van der Waals surface area (Å²) in [5.74, 6) is -0.250. The molecule has 0 aliphatic rings. The Morgan fingerprint density at radius 2 is 1.89 bits per heavy atom. The molecule has 0 aliphatic carbocycles. The Kier molecular flexibility index (Phi) is 4.41. The summed E-state index contributed by atoms with van der Waals surface area (Å²) in [5.41, 5.74) is 2.91. The molecule has 1 unspecified atom stereocenters. The van der Waals surface area contributed by atoms with E-state index in [1.807, 2.05) is 31.2 Å². The van der Waals surface area contributed by atoms with Gasteiger partial charge in [0.1, 0.15) is 5.82 Å². The van der Waals surface area contributed by atoms with Crippen LogP contribution in [0.1, 0.15) is 21.5 Å². The van der Waals surface area contributed by atoms with Crippen LogP contribution in [0.4, 0.5) is 4.39 Å². The molecule has 18 heavy (non-hydrogen) atoms. The summed E-state index contributed by atoms with van der Waals surface area (Å²) in [5, 5.41) is 0.480. The summed E-state index contributed by atoms with van der Waals surface area (Å²) >= 11 is 9.66. The molecule has 94 valence electrons. The van der Waals surface area contributed by atoms with Crippen molar-refractivity contribution in [1.82, 2.24) is 0 Å². The van der Waals surface area contributed by atoms with Crippen molar-refractivity contribution in [2.75, 3.05) is 0 Å². The van der Waals surface area contributed by atoms with Crippen LogP contribution in [0.3, 0.4) is 0 Å². The van der Waals surface area contributed by atoms with Gasteiger partial charge in [-0.15, -0.1) is 0 Å². The van der Waals surface area contributed by atoms with Gasteiger partial charge in [0.2, 0.25) is 0 Å². The second-order valence-corrected chi connectivity index (χ2v) is 5.74. The van der Waals surface area contributed by atoms with Crippen LogP contribution >= 0.6 is 27.5 Å². The van der Waals surface area contributed by atoms with Crippen molar-refractivity contribution in [3.63, 3.8) is 0 Å². The van der Waals surface area contributed by atoms with Gasteiger partial charge in [-0.25, -0.2) is 4.39 Å². The fraction of sp³-hybridized carbons (Fsp3) is 0.200. The van der Waals surface area contributed by atoms with Crippen LogP contribution in [0.15, 0.2) is 42.5 Å². The Morgan fingerprint density at radius 3 is 2.56 bits per heavy atom. The summed E-state index contributed by atoms with van der Waals surface area (Å²) in [6.45, 7) is 2.05. The van der Waals surface area contributed by atoms with Crippen molar-refractivity contribution in [2.24, 2.45) is 0 Å². The number of halogens is 3. The van der Waals surface area contributed by atoms with Crippen LogP contribution in [0.25, 0.3) is 0 Å². The maximum Gasteiger partial charge on any atom is 0.127 e. The van der Waals surface area contributed by atoms with Crippen molar-refractivity contribution in [1.29, 1.82) is 0 Å². The molecule has 0 radical (unpaired) electrons. The van der Waals surface area contributed by atoms with E-state index in [1.165, 1.54) is 11.6 Å². The molecule has 0 N–H and O–H groups in total. The van der Waals surface area contributed by atoms with E-state index in [-0.39, 0.29) is 10.6 Å². The Bertz CT molecular complexity index is 534. The highest BCUT2D eigenvalue weighted by molar-refractivity contribution is 9.09.